The van der Waals surface area contributed by atoms with Crippen molar-refractivity contribution in [1.29, 1.82) is 0 Å². The van der Waals surface area contributed by atoms with Crippen molar-refractivity contribution < 1.29 is 22.4 Å². The van der Waals surface area contributed by atoms with Crippen LogP contribution in [0.15, 0.2) is 48.5 Å². The van der Waals surface area contributed by atoms with Crippen molar-refractivity contribution in [3.05, 3.63) is 65.5 Å². The maximum absolute atomic E-state index is 13.3. The summed E-state index contributed by atoms with van der Waals surface area (Å²) in [4.78, 5) is 14.4. The lowest BCUT2D eigenvalue weighted by atomic mass is 10.0. The molecule has 0 aliphatic carbocycles. The largest absolute Gasteiger partial charge is 0.419 e. The van der Waals surface area contributed by atoms with E-state index in [9.17, 15) is 22.4 Å². The van der Waals surface area contributed by atoms with E-state index in [0.29, 0.717) is 12.1 Å². The van der Waals surface area contributed by atoms with Gasteiger partial charge in [-0.15, -0.1) is 0 Å². The molecule has 2 aromatic rings. The summed E-state index contributed by atoms with van der Waals surface area (Å²) >= 11 is 0. The number of alkyl halides is 3. The molecule has 1 heterocycles. The molecular formula is C20H21F4N3O. The number of nitrogens with zero attached hydrogens (tertiary/aromatic N) is 1. The molecule has 1 saturated heterocycles. The number of piperidine rings is 1. The van der Waals surface area contributed by atoms with Crippen molar-refractivity contribution >= 4 is 11.7 Å². The van der Waals surface area contributed by atoms with Crippen LogP contribution in [0.5, 0.6) is 0 Å². The van der Waals surface area contributed by atoms with E-state index in [1.54, 1.807) is 0 Å². The van der Waals surface area contributed by atoms with Gasteiger partial charge in [0.1, 0.15) is 5.82 Å². The highest BCUT2D eigenvalue weighted by molar-refractivity contribution is 5.89. The first kappa shape index (κ1) is 20.1. The van der Waals surface area contributed by atoms with Gasteiger partial charge in [-0.2, -0.15) is 13.2 Å². The van der Waals surface area contributed by atoms with Gasteiger partial charge in [-0.05, 0) is 36.6 Å². The summed E-state index contributed by atoms with van der Waals surface area (Å²) in [6.07, 6.45) is -3.32. The number of hydrogen-bond acceptors (Lipinski definition) is 2. The third-order valence-electron chi connectivity index (χ3n) is 4.70. The topological polar surface area (TPSA) is 44.4 Å². The number of halogens is 4. The van der Waals surface area contributed by atoms with E-state index in [1.807, 2.05) is 18.2 Å². The van der Waals surface area contributed by atoms with E-state index in [1.165, 1.54) is 5.56 Å². The minimum absolute atomic E-state index is 0.0606. The van der Waals surface area contributed by atoms with E-state index in [-0.39, 0.29) is 11.7 Å². The molecule has 2 aromatic carbocycles. The van der Waals surface area contributed by atoms with Crippen LogP contribution in [0.2, 0.25) is 0 Å². The Kier molecular flexibility index (Phi) is 6.18. The fourth-order valence-corrected chi connectivity index (χ4v) is 3.25. The zero-order valence-corrected chi connectivity index (χ0v) is 15.1. The first-order chi connectivity index (χ1) is 13.3. The first-order valence-electron chi connectivity index (χ1n) is 9.02. The van der Waals surface area contributed by atoms with Gasteiger partial charge < -0.3 is 10.6 Å². The van der Waals surface area contributed by atoms with Crippen molar-refractivity contribution in [2.45, 2.75) is 31.6 Å². The lowest BCUT2D eigenvalue weighted by molar-refractivity contribution is -0.139. The monoisotopic (exact) mass is 395 g/mol. The van der Waals surface area contributed by atoms with E-state index >= 15 is 0 Å². The molecule has 1 aliphatic rings. The standard InChI is InChI=1S/C20H21F4N3O/c21-18-7-6-16(12-17(18)20(22,23)24)26-19(28)25-15-8-10-27(11-9-15)13-14-4-2-1-3-5-14/h1-7,12,15H,8-11,13H2,(H2,25,26,28). The van der Waals surface area contributed by atoms with Gasteiger partial charge in [-0.3, -0.25) is 4.90 Å². The Labute approximate surface area is 160 Å². The first-order valence-corrected chi connectivity index (χ1v) is 9.02. The maximum Gasteiger partial charge on any atom is 0.419 e. The number of carbonyl (C=O) groups is 1. The molecule has 0 aromatic heterocycles. The summed E-state index contributed by atoms with van der Waals surface area (Å²) in [5.41, 5.74) is -0.282. The molecule has 3 rings (SSSR count). The van der Waals surface area contributed by atoms with Crippen LogP contribution in [0.4, 0.5) is 28.0 Å². The normalized spacial score (nSPS) is 16.0. The van der Waals surface area contributed by atoms with Crippen molar-refractivity contribution in [2.75, 3.05) is 18.4 Å². The lowest BCUT2D eigenvalue weighted by Gasteiger charge is -2.32. The molecule has 2 amide bonds. The Balaban J connectivity index is 1.48. The van der Waals surface area contributed by atoms with Crippen LogP contribution < -0.4 is 10.6 Å². The molecule has 0 spiro atoms. The summed E-state index contributed by atoms with van der Waals surface area (Å²) in [6, 6.07) is 11.8. The van der Waals surface area contributed by atoms with Gasteiger partial charge in [0.2, 0.25) is 0 Å². The number of urea groups is 1. The highest BCUT2D eigenvalue weighted by Gasteiger charge is 2.34. The Morgan fingerprint density at radius 3 is 2.39 bits per heavy atom. The molecule has 0 atom stereocenters. The molecule has 0 radical (unpaired) electrons. The van der Waals surface area contributed by atoms with E-state index in [0.717, 1.165) is 38.5 Å². The second-order valence-electron chi connectivity index (χ2n) is 6.83. The Morgan fingerprint density at radius 2 is 1.75 bits per heavy atom. The smallest absolute Gasteiger partial charge is 0.335 e. The molecule has 28 heavy (non-hydrogen) atoms. The molecule has 4 nitrogen and oxygen atoms in total. The molecule has 0 bridgehead atoms. The minimum atomic E-state index is -4.82. The van der Waals surface area contributed by atoms with Gasteiger partial charge in [-0.25, -0.2) is 9.18 Å². The number of likely N-dealkylation sites (tertiary alicyclic amines) is 1. The van der Waals surface area contributed by atoms with Crippen molar-refractivity contribution in [3.8, 4) is 0 Å². The zero-order valence-electron chi connectivity index (χ0n) is 15.1. The van der Waals surface area contributed by atoms with Crippen molar-refractivity contribution in [1.82, 2.24) is 10.2 Å². The second-order valence-corrected chi connectivity index (χ2v) is 6.83. The zero-order chi connectivity index (χ0) is 20.1. The van der Waals surface area contributed by atoms with Crippen LogP contribution in [0.3, 0.4) is 0 Å². The van der Waals surface area contributed by atoms with Crippen LogP contribution in [0, 0.1) is 5.82 Å². The Bertz CT molecular complexity index is 803. The van der Waals surface area contributed by atoms with Gasteiger partial charge >= 0.3 is 12.2 Å². The van der Waals surface area contributed by atoms with Gasteiger partial charge in [0, 0.05) is 31.4 Å². The number of amides is 2. The van der Waals surface area contributed by atoms with Crippen LogP contribution in [0.25, 0.3) is 0 Å². The van der Waals surface area contributed by atoms with E-state index < -0.39 is 23.6 Å². The minimum Gasteiger partial charge on any atom is -0.335 e. The van der Waals surface area contributed by atoms with Crippen molar-refractivity contribution in [3.63, 3.8) is 0 Å². The summed E-state index contributed by atoms with van der Waals surface area (Å²) in [6.45, 7) is 2.47. The molecule has 0 saturated carbocycles. The predicted molar refractivity (Wildman–Crippen MR) is 98.3 cm³/mol. The van der Waals surface area contributed by atoms with Crippen molar-refractivity contribution in [2.24, 2.45) is 0 Å². The summed E-state index contributed by atoms with van der Waals surface area (Å²) in [7, 11) is 0. The molecule has 1 aliphatic heterocycles. The average molecular weight is 395 g/mol. The van der Waals surface area contributed by atoms with Gasteiger partial charge in [0.25, 0.3) is 0 Å². The fraction of sp³-hybridized carbons (Fsp3) is 0.350. The highest BCUT2D eigenvalue weighted by atomic mass is 19.4. The number of carbonyl (C=O) groups excluding carboxylic acids is 1. The second kappa shape index (κ2) is 8.60. The van der Waals surface area contributed by atoms with Crippen LogP contribution in [-0.4, -0.2) is 30.1 Å². The average Bonchev–Trinajstić information content (AvgIpc) is 2.65. The highest BCUT2D eigenvalue weighted by Crippen LogP contribution is 2.33. The van der Waals surface area contributed by atoms with Gasteiger partial charge in [-0.1, -0.05) is 30.3 Å². The predicted octanol–water partition coefficient (Wildman–Crippen LogP) is 4.63. The SMILES string of the molecule is O=C(Nc1ccc(F)c(C(F)(F)F)c1)NC1CCN(Cc2ccccc2)CC1. The lowest BCUT2D eigenvalue weighted by Crippen LogP contribution is -2.45. The Morgan fingerprint density at radius 1 is 1.07 bits per heavy atom. The quantitative estimate of drug-likeness (QED) is 0.742. The number of rotatable bonds is 4. The van der Waals surface area contributed by atoms with Crippen LogP contribution >= 0.6 is 0 Å². The summed E-state index contributed by atoms with van der Waals surface area (Å²) < 4.78 is 51.6. The third-order valence-corrected chi connectivity index (χ3v) is 4.70. The molecule has 0 unspecified atom stereocenters. The number of anilines is 1. The maximum atomic E-state index is 13.3. The number of nitrogens with one attached hydrogen (secondary N) is 2. The molecule has 2 N–H and O–H groups in total. The van der Waals surface area contributed by atoms with E-state index in [4.69, 9.17) is 0 Å². The van der Waals surface area contributed by atoms with Crippen LogP contribution in [-0.2, 0) is 12.7 Å². The number of hydrogen-bond donors (Lipinski definition) is 2. The van der Waals surface area contributed by atoms with Gasteiger partial charge in [0.15, 0.2) is 0 Å². The van der Waals surface area contributed by atoms with Gasteiger partial charge in [0.05, 0.1) is 5.56 Å². The molecule has 1 fully saturated rings. The van der Waals surface area contributed by atoms with Crippen LogP contribution in [0.1, 0.15) is 24.0 Å². The third kappa shape index (κ3) is 5.45. The summed E-state index contributed by atoms with van der Waals surface area (Å²) in [5, 5.41) is 5.12. The Hall–Kier alpha value is -2.61. The molecule has 150 valence electrons. The summed E-state index contributed by atoms with van der Waals surface area (Å²) in [5.74, 6) is -1.37. The van der Waals surface area contributed by atoms with E-state index in [2.05, 4.69) is 27.7 Å². The fourth-order valence-electron chi connectivity index (χ4n) is 3.25. The molecule has 8 heteroatoms. The number of benzene rings is 2. The molecular weight excluding hydrogens is 374 g/mol.